The lowest BCUT2D eigenvalue weighted by atomic mass is 9.87. The normalized spacial score (nSPS) is 11.8. The fourth-order valence-corrected chi connectivity index (χ4v) is 2.79. The molecule has 3 rings (SSSR count). The molecule has 0 aliphatic carbocycles. The van der Waals surface area contributed by atoms with E-state index in [2.05, 4.69) is 25.6 Å². The van der Waals surface area contributed by atoms with Crippen molar-refractivity contribution in [2.45, 2.75) is 20.8 Å². The van der Waals surface area contributed by atoms with Crippen LogP contribution in [-0.2, 0) is 4.79 Å². The van der Waals surface area contributed by atoms with Crippen molar-refractivity contribution >= 4 is 40.4 Å². The molecule has 1 amide bonds. The Morgan fingerprint density at radius 3 is 2.50 bits per heavy atom. The number of rotatable bonds is 5. The molecule has 0 aliphatic rings. The zero-order chi connectivity index (χ0) is 21.9. The second-order valence-electron chi connectivity index (χ2n) is 7.73. The number of fused-ring (bicyclic) bond motifs is 1. The number of nitriles is 1. The van der Waals surface area contributed by atoms with E-state index >= 15 is 0 Å². The number of nitrogens with one attached hydrogen (secondary N) is 3. The summed E-state index contributed by atoms with van der Waals surface area (Å²) in [6.07, 6.45) is 4.73. The van der Waals surface area contributed by atoms with Crippen LogP contribution in [0.5, 0.6) is 0 Å². The van der Waals surface area contributed by atoms with Crippen LogP contribution in [0.4, 0.5) is 11.5 Å². The predicted molar refractivity (Wildman–Crippen MR) is 115 cm³/mol. The summed E-state index contributed by atoms with van der Waals surface area (Å²) >= 11 is 0. The third kappa shape index (κ3) is 4.36. The van der Waals surface area contributed by atoms with Crippen molar-refractivity contribution < 1.29 is 9.59 Å². The van der Waals surface area contributed by atoms with Gasteiger partial charge in [0.25, 0.3) is 5.91 Å². The van der Waals surface area contributed by atoms with Gasteiger partial charge in [-0.1, -0.05) is 32.9 Å². The lowest BCUT2D eigenvalue weighted by molar-refractivity contribution is -0.116. The van der Waals surface area contributed by atoms with E-state index in [1.807, 2.05) is 26.8 Å². The summed E-state index contributed by atoms with van der Waals surface area (Å²) in [6, 6.07) is 9.04. The lowest BCUT2D eigenvalue weighted by Gasteiger charge is -2.15. The summed E-state index contributed by atoms with van der Waals surface area (Å²) in [6.45, 7) is 5.59. The lowest BCUT2D eigenvalue weighted by Crippen LogP contribution is -2.20. The highest BCUT2D eigenvalue weighted by atomic mass is 16.1. The molecule has 0 bridgehead atoms. The Kier molecular flexibility index (Phi) is 5.65. The van der Waals surface area contributed by atoms with Crippen LogP contribution in [-0.4, -0.2) is 33.7 Å². The number of aromatic nitrogens is 3. The van der Waals surface area contributed by atoms with Crippen molar-refractivity contribution in [2.24, 2.45) is 5.41 Å². The Morgan fingerprint density at radius 1 is 1.20 bits per heavy atom. The number of carbonyl (C=O) groups excluding carboxylic acids is 2. The summed E-state index contributed by atoms with van der Waals surface area (Å²) in [5.74, 6) is 0.0487. The number of aromatic amines is 1. The molecule has 2 aromatic heterocycles. The van der Waals surface area contributed by atoms with Crippen LogP contribution in [0.25, 0.3) is 17.2 Å². The third-order valence-corrected chi connectivity index (χ3v) is 4.39. The van der Waals surface area contributed by atoms with Crippen molar-refractivity contribution in [3.63, 3.8) is 0 Å². The molecule has 0 fully saturated rings. The van der Waals surface area contributed by atoms with Crippen LogP contribution < -0.4 is 10.6 Å². The molecule has 0 radical (unpaired) electrons. The van der Waals surface area contributed by atoms with E-state index < -0.39 is 11.3 Å². The monoisotopic (exact) mass is 402 g/mol. The fraction of sp³-hybridized carbons (Fsp3) is 0.227. The second kappa shape index (κ2) is 8.17. The molecule has 1 aromatic carbocycles. The number of anilines is 2. The molecule has 3 aromatic rings. The van der Waals surface area contributed by atoms with Gasteiger partial charge in [0.2, 0.25) is 0 Å². The van der Waals surface area contributed by atoms with Crippen LogP contribution in [0.1, 0.15) is 36.7 Å². The predicted octanol–water partition coefficient (Wildman–Crippen LogP) is 3.58. The number of hydrogen-bond acceptors (Lipinski definition) is 6. The highest BCUT2D eigenvalue weighted by molar-refractivity contribution is 6.08. The first-order valence-electron chi connectivity index (χ1n) is 9.33. The summed E-state index contributed by atoms with van der Waals surface area (Å²) in [4.78, 5) is 36.2. The molecule has 0 atom stereocenters. The third-order valence-electron chi connectivity index (χ3n) is 4.39. The fourth-order valence-electron chi connectivity index (χ4n) is 2.79. The Balaban J connectivity index is 1.85. The van der Waals surface area contributed by atoms with Gasteiger partial charge < -0.3 is 15.6 Å². The average Bonchev–Trinajstić information content (AvgIpc) is 3.14. The second-order valence-corrected chi connectivity index (χ2v) is 7.73. The minimum atomic E-state index is -0.527. The van der Waals surface area contributed by atoms with E-state index in [0.717, 1.165) is 5.69 Å². The van der Waals surface area contributed by atoms with Gasteiger partial charge in [-0.15, -0.1) is 0 Å². The molecule has 8 nitrogen and oxygen atoms in total. The topological polar surface area (TPSA) is 124 Å². The maximum atomic E-state index is 12.7. The van der Waals surface area contributed by atoms with Gasteiger partial charge in [0.05, 0.1) is 11.8 Å². The Labute approximate surface area is 174 Å². The van der Waals surface area contributed by atoms with E-state index in [4.69, 9.17) is 5.26 Å². The van der Waals surface area contributed by atoms with Crippen molar-refractivity contribution in [2.75, 3.05) is 12.4 Å². The number of carbonyl (C=O) groups is 2. The van der Waals surface area contributed by atoms with Gasteiger partial charge in [0, 0.05) is 24.3 Å². The van der Waals surface area contributed by atoms with E-state index in [1.54, 1.807) is 36.7 Å². The molecule has 0 spiro atoms. The van der Waals surface area contributed by atoms with Crippen LogP contribution >= 0.6 is 0 Å². The standard InChI is InChI=1S/C22H22N6O2/c1-22(2,3)19(29)16-11-25-20-18(16)28-17(12-26-20)27-15-7-5-13(6-8-15)9-14(10-23)21(30)24-4/h5-9,11-12H,1-4H3,(H,24,30)(H,25,26)(H,27,28). The highest BCUT2D eigenvalue weighted by Crippen LogP contribution is 2.26. The van der Waals surface area contributed by atoms with Crippen molar-refractivity contribution in [1.29, 1.82) is 5.26 Å². The molecular weight excluding hydrogens is 380 g/mol. The zero-order valence-corrected chi connectivity index (χ0v) is 17.2. The smallest absolute Gasteiger partial charge is 0.261 e. The molecular formula is C22H22N6O2. The summed E-state index contributed by atoms with van der Waals surface area (Å²) in [5.41, 5.74) is 2.53. The van der Waals surface area contributed by atoms with E-state index in [1.165, 1.54) is 13.1 Å². The van der Waals surface area contributed by atoms with Gasteiger partial charge in [-0.25, -0.2) is 9.97 Å². The summed E-state index contributed by atoms with van der Waals surface area (Å²) in [7, 11) is 1.48. The number of benzene rings is 1. The molecule has 152 valence electrons. The van der Waals surface area contributed by atoms with Crippen LogP contribution in [0.2, 0.25) is 0 Å². The number of Topliss-reactive ketones (excluding diaryl/α,β-unsaturated/α-hetero) is 1. The molecule has 0 saturated heterocycles. The SMILES string of the molecule is CNC(=O)C(C#N)=Cc1ccc(Nc2cnc3[nH]cc(C(=O)C(C)(C)C)c3n2)cc1. The van der Waals surface area contributed by atoms with Crippen LogP contribution in [0, 0.1) is 16.7 Å². The van der Waals surface area contributed by atoms with Crippen molar-refractivity contribution in [3.05, 3.63) is 53.4 Å². The van der Waals surface area contributed by atoms with Gasteiger partial charge in [-0.05, 0) is 23.8 Å². The number of amides is 1. The number of ketones is 1. The maximum Gasteiger partial charge on any atom is 0.261 e. The van der Waals surface area contributed by atoms with Crippen LogP contribution in [0.15, 0.2) is 42.2 Å². The number of likely N-dealkylation sites (N-methyl/N-ethyl adjacent to an activating group) is 1. The van der Waals surface area contributed by atoms with Gasteiger partial charge in [-0.2, -0.15) is 5.26 Å². The minimum Gasteiger partial charge on any atom is -0.354 e. The molecule has 3 N–H and O–H groups in total. The molecule has 0 aliphatic heterocycles. The zero-order valence-electron chi connectivity index (χ0n) is 17.2. The average molecular weight is 402 g/mol. The van der Waals surface area contributed by atoms with Crippen molar-refractivity contribution in [3.8, 4) is 6.07 Å². The first-order chi connectivity index (χ1) is 14.2. The maximum absolute atomic E-state index is 12.7. The van der Waals surface area contributed by atoms with E-state index in [-0.39, 0.29) is 11.4 Å². The number of H-pyrrole nitrogens is 1. The van der Waals surface area contributed by atoms with Gasteiger partial charge in [0.1, 0.15) is 23.0 Å². The van der Waals surface area contributed by atoms with Crippen molar-refractivity contribution in [1.82, 2.24) is 20.3 Å². The Morgan fingerprint density at radius 2 is 1.90 bits per heavy atom. The van der Waals surface area contributed by atoms with Gasteiger partial charge in [0.15, 0.2) is 11.4 Å². The number of hydrogen-bond donors (Lipinski definition) is 3. The molecule has 2 heterocycles. The first-order valence-corrected chi connectivity index (χ1v) is 9.33. The summed E-state index contributed by atoms with van der Waals surface area (Å²) in [5, 5.41) is 14.7. The van der Waals surface area contributed by atoms with Gasteiger partial charge in [-0.3, -0.25) is 9.59 Å². The highest BCUT2D eigenvalue weighted by Gasteiger charge is 2.26. The minimum absolute atomic E-state index is 0.0132. The van der Waals surface area contributed by atoms with Gasteiger partial charge >= 0.3 is 0 Å². The van der Waals surface area contributed by atoms with E-state index in [0.29, 0.717) is 28.1 Å². The first kappa shape index (κ1) is 20.7. The molecule has 0 saturated carbocycles. The quantitative estimate of drug-likeness (QED) is 0.340. The molecule has 30 heavy (non-hydrogen) atoms. The molecule has 8 heteroatoms. The Bertz CT molecular complexity index is 1180. The molecule has 0 unspecified atom stereocenters. The summed E-state index contributed by atoms with van der Waals surface area (Å²) < 4.78 is 0. The van der Waals surface area contributed by atoms with Crippen LogP contribution in [0.3, 0.4) is 0 Å². The van der Waals surface area contributed by atoms with E-state index in [9.17, 15) is 9.59 Å². The largest absolute Gasteiger partial charge is 0.354 e. The number of nitrogens with zero attached hydrogens (tertiary/aromatic N) is 3. The Hall–Kier alpha value is -3.99.